The van der Waals surface area contributed by atoms with E-state index >= 15 is 0 Å². The van der Waals surface area contributed by atoms with E-state index in [-0.39, 0.29) is 11.9 Å². The molecule has 3 rings (SSSR count). The molecule has 2 aromatic rings. The largest absolute Gasteiger partial charge is 0.367 e. The Morgan fingerprint density at radius 3 is 3.18 bits per heavy atom. The summed E-state index contributed by atoms with van der Waals surface area (Å²) in [6, 6.07) is 0.0315. The first-order valence-corrected chi connectivity index (χ1v) is 7.56. The van der Waals surface area contributed by atoms with Crippen LogP contribution >= 0.6 is 0 Å². The van der Waals surface area contributed by atoms with Gasteiger partial charge in [0, 0.05) is 31.7 Å². The Hall–Kier alpha value is -2.15. The van der Waals surface area contributed by atoms with Crippen LogP contribution in [0, 0.1) is 5.82 Å². The van der Waals surface area contributed by atoms with E-state index < -0.39 is 5.82 Å². The Bertz CT molecular complexity index is 699. The van der Waals surface area contributed by atoms with Crippen LogP contribution in [-0.2, 0) is 4.79 Å². The van der Waals surface area contributed by atoms with E-state index in [1.54, 1.807) is 13.1 Å². The standard InChI is InChI=1S/C15H20FN5O/c1-2-12(22)20-11-7-19-15-13(11)14(10(16)6-18-15)21-5-3-4-9(17)8-21/h6-7,9H,2-5,8,17H2,1H3,(H,18,19)(H,20,22). The average Bonchev–Trinajstić information content (AvgIpc) is 2.90. The highest BCUT2D eigenvalue weighted by Gasteiger charge is 2.24. The molecule has 0 radical (unpaired) electrons. The zero-order valence-electron chi connectivity index (χ0n) is 12.5. The third-order valence-corrected chi connectivity index (χ3v) is 4.00. The number of carbonyl (C=O) groups excluding carboxylic acids is 1. The minimum Gasteiger partial charge on any atom is -0.367 e. The predicted molar refractivity (Wildman–Crippen MR) is 84.4 cm³/mol. The SMILES string of the molecule is CCC(=O)Nc1c[nH]c2ncc(F)c(N3CCCC(N)C3)c12. The zero-order valence-corrected chi connectivity index (χ0v) is 12.5. The fourth-order valence-corrected chi connectivity index (χ4v) is 2.92. The fraction of sp³-hybridized carbons (Fsp3) is 0.467. The number of pyridine rings is 1. The molecule has 3 heterocycles. The van der Waals surface area contributed by atoms with E-state index in [1.165, 1.54) is 6.20 Å². The molecular weight excluding hydrogens is 285 g/mol. The first-order valence-electron chi connectivity index (χ1n) is 7.56. The Morgan fingerprint density at radius 2 is 2.45 bits per heavy atom. The van der Waals surface area contributed by atoms with Crippen LogP contribution < -0.4 is 16.0 Å². The quantitative estimate of drug-likeness (QED) is 0.809. The van der Waals surface area contributed by atoms with Crippen molar-refractivity contribution in [2.24, 2.45) is 5.73 Å². The number of anilines is 2. The number of carbonyl (C=O) groups is 1. The van der Waals surface area contributed by atoms with Crippen molar-refractivity contribution in [1.82, 2.24) is 9.97 Å². The number of amides is 1. The molecule has 7 heteroatoms. The highest BCUT2D eigenvalue weighted by molar-refractivity contribution is 6.06. The molecular formula is C15H20FN5O. The predicted octanol–water partition coefficient (Wildman–Crippen LogP) is 1.98. The number of aromatic nitrogens is 2. The summed E-state index contributed by atoms with van der Waals surface area (Å²) in [6.45, 7) is 3.12. The van der Waals surface area contributed by atoms with E-state index in [1.807, 2.05) is 4.90 Å². The van der Waals surface area contributed by atoms with Gasteiger partial charge in [0.2, 0.25) is 5.91 Å². The molecule has 1 saturated heterocycles. The topological polar surface area (TPSA) is 87.0 Å². The summed E-state index contributed by atoms with van der Waals surface area (Å²) >= 11 is 0. The molecule has 4 N–H and O–H groups in total. The van der Waals surface area contributed by atoms with Crippen molar-refractivity contribution in [2.45, 2.75) is 32.2 Å². The van der Waals surface area contributed by atoms with Crippen LogP contribution in [0.3, 0.4) is 0 Å². The van der Waals surface area contributed by atoms with Gasteiger partial charge in [-0.1, -0.05) is 6.92 Å². The van der Waals surface area contributed by atoms with Crippen molar-refractivity contribution in [3.63, 3.8) is 0 Å². The average molecular weight is 305 g/mol. The number of hydrogen-bond acceptors (Lipinski definition) is 4. The van der Waals surface area contributed by atoms with Crippen molar-refractivity contribution in [2.75, 3.05) is 23.3 Å². The maximum Gasteiger partial charge on any atom is 0.224 e. The highest BCUT2D eigenvalue weighted by Crippen LogP contribution is 2.35. The number of nitrogens with two attached hydrogens (primary N) is 1. The number of piperidine rings is 1. The van der Waals surface area contributed by atoms with Crippen LogP contribution in [0.2, 0.25) is 0 Å². The monoisotopic (exact) mass is 305 g/mol. The van der Waals surface area contributed by atoms with Crippen molar-refractivity contribution >= 4 is 28.3 Å². The minimum atomic E-state index is -0.395. The van der Waals surface area contributed by atoms with E-state index in [4.69, 9.17) is 5.73 Å². The van der Waals surface area contributed by atoms with Crippen LogP contribution in [0.4, 0.5) is 15.8 Å². The Kier molecular flexibility index (Phi) is 3.98. The first kappa shape index (κ1) is 14.8. The molecule has 0 spiro atoms. The molecule has 2 aromatic heterocycles. The van der Waals surface area contributed by atoms with Crippen LogP contribution in [0.15, 0.2) is 12.4 Å². The number of halogens is 1. The molecule has 1 unspecified atom stereocenters. The molecule has 1 aliphatic heterocycles. The maximum absolute atomic E-state index is 14.4. The van der Waals surface area contributed by atoms with Gasteiger partial charge in [0.25, 0.3) is 0 Å². The highest BCUT2D eigenvalue weighted by atomic mass is 19.1. The lowest BCUT2D eigenvalue weighted by molar-refractivity contribution is -0.115. The molecule has 1 amide bonds. The molecule has 0 saturated carbocycles. The van der Waals surface area contributed by atoms with Crippen LogP contribution in [0.5, 0.6) is 0 Å². The van der Waals surface area contributed by atoms with Gasteiger partial charge < -0.3 is 20.9 Å². The lowest BCUT2D eigenvalue weighted by atomic mass is 10.1. The van der Waals surface area contributed by atoms with E-state index in [9.17, 15) is 9.18 Å². The van der Waals surface area contributed by atoms with Gasteiger partial charge >= 0.3 is 0 Å². The summed E-state index contributed by atoms with van der Waals surface area (Å²) in [5.41, 5.74) is 7.60. The van der Waals surface area contributed by atoms with Crippen molar-refractivity contribution in [1.29, 1.82) is 0 Å². The molecule has 1 fully saturated rings. The smallest absolute Gasteiger partial charge is 0.224 e. The molecule has 6 nitrogen and oxygen atoms in total. The van der Waals surface area contributed by atoms with Crippen molar-refractivity contribution in [3.05, 3.63) is 18.2 Å². The third-order valence-electron chi connectivity index (χ3n) is 4.00. The summed E-state index contributed by atoms with van der Waals surface area (Å²) in [5, 5.41) is 3.41. The van der Waals surface area contributed by atoms with Crippen molar-refractivity contribution < 1.29 is 9.18 Å². The number of fused-ring (bicyclic) bond motifs is 1. The van der Waals surface area contributed by atoms with Gasteiger partial charge in [-0.3, -0.25) is 4.79 Å². The second-order valence-corrected chi connectivity index (χ2v) is 5.63. The van der Waals surface area contributed by atoms with E-state index in [2.05, 4.69) is 15.3 Å². The van der Waals surface area contributed by atoms with Gasteiger partial charge in [-0.05, 0) is 12.8 Å². The van der Waals surface area contributed by atoms with Gasteiger partial charge in [0.1, 0.15) is 5.65 Å². The molecule has 0 aliphatic carbocycles. The summed E-state index contributed by atoms with van der Waals surface area (Å²) in [4.78, 5) is 20.7. The lowest BCUT2D eigenvalue weighted by Gasteiger charge is -2.33. The van der Waals surface area contributed by atoms with Gasteiger partial charge in [-0.15, -0.1) is 0 Å². The van der Waals surface area contributed by atoms with E-state index in [0.29, 0.717) is 35.4 Å². The Morgan fingerprint density at radius 1 is 1.64 bits per heavy atom. The van der Waals surface area contributed by atoms with Gasteiger partial charge in [0.05, 0.1) is 23.0 Å². The summed E-state index contributed by atoms with van der Waals surface area (Å²) in [7, 11) is 0. The second kappa shape index (κ2) is 5.92. The zero-order chi connectivity index (χ0) is 15.7. The molecule has 1 aliphatic rings. The van der Waals surface area contributed by atoms with Gasteiger partial charge in [-0.2, -0.15) is 0 Å². The van der Waals surface area contributed by atoms with E-state index in [0.717, 1.165) is 19.4 Å². The van der Waals surface area contributed by atoms with Crippen LogP contribution in [0.1, 0.15) is 26.2 Å². The number of rotatable bonds is 3. The normalized spacial score (nSPS) is 18.7. The summed E-state index contributed by atoms with van der Waals surface area (Å²) in [6.07, 6.45) is 5.08. The van der Waals surface area contributed by atoms with Gasteiger partial charge in [-0.25, -0.2) is 9.37 Å². The minimum absolute atomic E-state index is 0.0315. The fourth-order valence-electron chi connectivity index (χ4n) is 2.92. The van der Waals surface area contributed by atoms with Crippen LogP contribution in [0.25, 0.3) is 11.0 Å². The number of nitrogens with zero attached hydrogens (tertiary/aromatic N) is 2. The third kappa shape index (κ3) is 2.64. The number of hydrogen-bond donors (Lipinski definition) is 3. The van der Waals surface area contributed by atoms with Gasteiger partial charge in [0.15, 0.2) is 5.82 Å². The Balaban J connectivity index is 2.08. The molecule has 118 valence electrons. The van der Waals surface area contributed by atoms with Crippen LogP contribution in [-0.4, -0.2) is 35.0 Å². The molecule has 0 aromatic carbocycles. The molecule has 0 bridgehead atoms. The summed E-state index contributed by atoms with van der Waals surface area (Å²) < 4.78 is 14.4. The number of H-pyrrole nitrogens is 1. The Labute approximate surface area is 127 Å². The van der Waals surface area contributed by atoms with Crippen molar-refractivity contribution in [3.8, 4) is 0 Å². The lowest BCUT2D eigenvalue weighted by Crippen LogP contribution is -2.43. The summed E-state index contributed by atoms with van der Waals surface area (Å²) in [5.74, 6) is -0.514. The number of nitrogens with one attached hydrogen (secondary N) is 2. The second-order valence-electron chi connectivity index (χ2n) is 5.63. The maximum atomic E-state index is 14.4. The molecule has 1 atom stereocenters. The molecule has 22 heavy (non-hydrogen) atoms. The number of aromatic amines is 1. The first-order chi connectivity index (χ1) is 10.6.